The highest BCUT2D eigenvalue weighted by Crippen LogP contribution is 2.32. The number of carbonyl (C=O) groups excluding carboxylic acids is 2. The molecule has 0 unspecified atom stereocenters. The number of alkyl carbamates (subject to hydrolysis) is 1. The number of amides is 1. The fourth-order valence-electron chi connectivity index (χ4n) is 2.07. The minimum Gasteiger partial charge on any atom is -0.458 e. The van der Waals surface area contributed by atoms with Gasteiger partial charge < -0.3 is 14.6 Å². The third kappa shape index (κ3) is 4.81. The topological polar surface area (TPSA) is 84.9 Å². The van der Waals surface area contributed by atoms with Crippen LogP contribution in [0.4, 0.5) is 4.79 Å². The molecule has 0 aromatic carbocycles. The summed E-state index contributed by atoms with van der Waals surface area (Å²) in [6.07, 6.45) is 0.506. The maximum atomic E-state index is 12.4. The van der Waals surface area contributed by atoms with Crippen LogP contribution in [0, 0.1) is 6.42 Å². The van der Waals surface area contributed by atoms with E-state index in [1.54, 1.807) is 48.0 Å². The first kappa shape index (κ1) is 17.6. The second-order valence-corrected chi connectivity index (χ2v) is 7.34. The van der Waals surface area contributed by atoms with Crippen LogP contribution in [-0.4, -0.2) is 40.0 Å². The molecule has 0 saturated heterocycles. The second-order valence-electron chi connectivity index (χ2n) is 7.34. The van der Waals surface area contributed by atoms with Gasteiger partial charge in [0.25, 0.3) is 0 Å². The van der Waals surface area contributed by atoms with Gasteiger partial charge in [-0.15, -0.1) is 0 Å². The van der Waals surface area contributed by atoms with E-state index in [4.69, 9.17) is 9.47 Å². The average molecular weight is 300 g/mol. The number of hydrogen-bond donors (Lipinski definition) is 2. The number of rotatable bonds is 2. The first-order valence-corrected chi connectivity index (χ1v) is 7.10. The summed E-state index contributed by atoms with van der Waals surface area (Å²) in [5.74, 6) is -0.651. The Kier molecular flexibility index (Phi) is 4.83. The number of carbonyl (C=O) groups is 2. The van der Waals surface area contributed by atoms with Crippen LogP contribution in [0.1, 0.15) is 54.4 Å². The second kappa shape index (κ2) is 5.75. The van der Waals surface area contributed by atoms with Gasteiger partial charge in [0, 0.05) is 0 Å². The molecule has 1 rings (SSSR count). The molecule has 1 aliphatic carbocycles. The van der Waals surface area contributed by atoms with Crippen molar-refractivity contribution < 1.29 is 24.2 Å². The van der Waals surface area contributed by atoms with Gasteiger partial charge in [-0.2, -0.15) is 0 Å². The summed E-state index contributed by atoms with van der Waals surface area (Å²) in [7, 11) is 0. The molecule has 0 aliphatic heterocycles. The molecule has 0 bridgehead atoms. The molecule has 0 aromatic heterocycles. The van der Waals surface area contributed by atoms with Crippen molar-refractivity contribution in [3.63, 3.8) is 0 Å². The van der Waals surface area contributed by atoms with Gasteiger partial charge in [-0.3, -0.25) is 5.32 Å². The third-order valence-electron chi connectivity index (χ3n) is 2.91. The van der Waals surface area contributed by atoms with Crippen LogP contribution in [0.25, 0.3) is 0 Å². The monoisotopic (exact) mass is 300 g/mol. The van der Waals surface area contributed by atoms with Gasteiger partial charge in [-0.1, -0.05) is 0 Å². The minimum atomic E-state index is -1.48. The molecule has 0 radical (unpaired) electrons. The third-order valence-corrected chi connectivity index (χ3v) is 2.91. The van der Waals surface area contributed by atoms with Crippen molar-refractivity contribution in [3.05, 3.63) is 6.42 Å². The molecular formula is C15H26NO5+. The summed E-state index contributed by atoms with van der Waals surface area (Å²) in [6, 6.07) is 0. The van der Waals surface area contributed by atoms with Gasteiger partial charge in [0.2, 0.25) is 5.54 Å². The van der Waals surface area contributed by atoms with E-state index in [2.05, 4.69) is 5.32 Å². The molecule has 2 atom stereocenters. The Morgan fingerprint density at radius 1 is 1.14 bits per heavy atom. The van der Waals surface area contributed by atoms with Crippen molar-refractivity contribution in [2.75, 3.05) is 0 Å². The zero-order valence-corrected chi connectivity index (χ0v) is 13.6. The van der Waals surface area contributed by atoms with Gasteiger partial charge in [-0.25, -0.2) is 9.59 Å². The van der Waals surface area contributed by atoms with Gasteiger partial charge in [0.15, 0.2) is 0 Å². The molecule has 0 heterocycles. The fraction of sp³-hybridized carbons (Fsp3) is 0.800. The lowest BCUT2D eigenvalue weighted by atomic mass is 9.95. The Bertz CT molecular complexity index is 407. The van der Waals surface area contributed by atoms with E-state index in [0.717, 1.165) is 0 Å². The Hall–Kier alpha value is -1.43. The van der Waals surface area contributed by atoms with Crippen molar-refractivity contribution in [1.29, 1.82) is 0 Å². The maximum absolute atomic E-state index is 12.4. The van der Waals surface area contributed by atoms with Crippen LogP contribution in [0.3, 0.4) is 0 Å². The minimum absolute atomic E-state index is 0.211. The van der Waals surface area contributed by atoms with Crippen LogP contribution in [0.5, 0.6) is 0 Å². The number of esters is 1. The molecule has 6 nitrogen and oxygen atoms in total. The summed E-state index contributed by atoms with van der Waals surface area (Å²) < 4.78 is 10.5. The van der Waals surface area contributed by atoms with Crippen molar-refractivity contribution in [2.45, 2.75) is 77.2 Å². The van der Waals surface area contributed by atoms with E-state index >= 15 is 0 Å². The molecule has 1 aliphatic rings. The van der Waals surface area contributed by atoms with Crippen LogP contribution in [0.15, 0.2) is 0 Å². The molecular weight excluding hydrogens is 274 g/mol. The number of aliphatic hydroxyl groups excluding tert-OH is 1. The highest BCUT2D eigenvalue weighted by Gasteiger charge is 2.57. The number of hydrogen-bond acceptors (Lipinski definition) is 5. The highest BCUT2D eigenvalue weighted by molar-refractivity contribution is 5.87. The van der Waals surface area contributed by atoms with E-state index in [-0.39, 0.29) is 6.42 Å². The Morgan fingerprint density at radius 2 is 1.67 bits per heavy atom. The van der Waals surface area contributed by atoms with E-state index in [0.29, 0.717) is 6.42 Å². The molecule has 1 saturated carbocycles. The molecule has 1 amide bonds. The molecule has 2 N–H and O–H groups in total. The van der Waals surface area contributed by atoms with Gasteiger partial charge in [0.1, 0.15) is 30.1 Å². The standard InChI is InChI=1S/C15H25NO5/c1-13(2,3)20-11(18)15(9-7-8-10(15)17)16-12(19)21-14(4,5)6/h7,10,17H,8-9H2,1-6H3/p+1/t10-,15+/m0/s1. The van der Waals surface area contributed by atoms with Crippen LogP contribution < -0.4 is 5.32 Å². The maximum Gasteiger partial charge on any atom is 0.408 e. The lowest BCUT2D eigenvalue weighted by molar-refractivity contribution is -0.167. The number of aliphatic hydroxyl groups is 1. The van der Waals surface area contributed by atoms with Crippen LogP contribution in [0.2, 0.25) is 0 Å². The van der Waals surface area contributed by atoms with Gasteiger partial charge in [-0.05, 0) is 41.5 Å². The summed E-state index contributed by atoms with van der Waals surface area (Å²) >= 11 is 0. The van der Waals surface area contributed by atoms with Crippen molar-refractivity contribution in [2.24, 2.45) is 0 Å². The van der Waals surface area contributed by atoms with E-state index in [1.807, 2.05) is 0 Å². The first-order valence-electron chi connectivity index (χ1n) is 7.10. The van der Waals surface area contributed by atoms with E-state index < -0.39 is 34.9 Å². The fourth-order valence-corrected chi connectivity index (χ4v) is 2.07. The SMILES string of the molecule is CC(C)(C)OC(=O)N[C@]1(C(=O)OC(C)(C)C)C[CH+]C[C@@H]1O. The zero-order chi connectivity index (χ0) is 16.5. The zero-order valence-electron chi connectivity index (χ0n) is 13.6. The number of ether oxygens (including phenoxy) is 2. The van der Waals surface area contributed by atoms with Gasteiger partial charge >= 0.3 is 12.1 Å². The summed E-state index contributed by atoms with van der Waals surface area (Å²) in [6.45, 7) is 10.4. The van der Waals surface area contributed by atoms with E-state index in [1.165, 1.54) is 0 Å². The average Bonchev–Trinajstić information content (AvgIpc) is 2.55. The van der Waals surface area contributed by atoms with Crippen LogP contribution >= 0.6 is 0 Å². The molecule has 21 heavy (non-hydrogen) atoms. The summed E-state index contributed by atoms with van der Waals surface area (Å²) in [4.78, 5) is 24.4. The molecule has 6 heteroatoms. The predicted octanol–water partition coefficient (Wildman–Crippen LogP) is 1.95. The molecule has 0 aromatic rings. The lowest BCUT2D eigenvalue weighted by Crippen LogP contribution is -2.61. The highest BCUT2D eigenvalue weighted by atomic mass is 16.6. The Morgan fingerprint density at radius 3 is 2.05 bits per heavy atom. The number of nitrogens with one attached hydrogen (secondary N) is 1. The summed E-state index contributed by atoms with van der Waals surface area (Å²) in [5, 5.41) is 12.7. The molecule has 1 fully saturated rings. The predicted molar refractivity (Wildman–Crippen MR) is 77.5 cm³/mol. The van der Waals surface area contributed by atoms with Crippen LogP contribution in [-0.2, 0) is 14.3 Å². The largest absolute Gasteiger partial charge is 0.458 e. The Balaban J connectivity index is 2.90. The van der Waals surface area contributed by atoms with Crippen molar-refractivity contribution in [3.8, 4) is 0 Å². The quantitative estimate of drug-likeness (QED) is 0.601. The van der Waals surface area contributed by atoms with Crippen molar-refractivity contribution in [1.82, 2.24) is 5.32 Å². The summed E-state index contributed by atoms with van der Waals surface area (Å²) in [5.41, 5.74) is -2.87. The normalized spacial score (nSPS) is 26.0. The Labute approximate surface area is 126 Å². The lowest BCUT2D eigenvalue weighted by Gasteiger charge is -2.32. The molecule has 0 spiro atoms. The smallest absolute Gasteiger partial charge is 0.408 e. The van der Waals surface area contributed by atoms with Gasteiger partial charge in [0.05, 0.1) is 6.42 Å². The van der Waals surface area contributed by atoms with E-state index in [9.17, 15) is 14.7 Å². The first-order chi connectivity index (χ1) is 9.36. The molecule has 120 valence electrons. The van der Waals surface area contributed by atoms with Crippen molar-refractivity contribution >= 4 is 12.1 Å².